The van der Waals surface area contributed by atoms with Gasteiger partial charge in [-0.2, -0.15) is 0 Å². The van der Waals surface area contributed by atoms with Gasteiger partial charge in [0.25, 0.3) is 0 Å². The van der Waals surface area contributed by atoms with Crippen LogP contribution in [0.15, 0.2) is 18.2 Å². The number of carbonyl (C=O) groups excluding carboxylic acids is 1. The van der Waals surface area contributed by atoms with Crippen molar-refractivity contribution >= 4 is 45.3 Å². The molecule has 1 unspecified atom stereocenters. The fourth-order valence-corrected chi connectivity index (χ4v) is 3.24. The van der Waals surface area contributed by atoms with E-state index in [1.807, 2.05) is 18.2 Å². The number of nitrogens with zero attached hydrogens (tertiary/aromatic N) is 1. The lowest BCUT2D eigenvalue weighted by Gasteiger charge is -2.05. The second-order valence-corrected chi connectivity index (χ2v) is 5.70. The van der Waals surface area contributed by atoms with Crippen molar-refractivity contribution in [2.75, 3.05) is 0 Å². The van der Waals surface area contributed by atoms with Crippen LogP contribution in [0.1, 0.15) is 29.8 Å². The van der Waals surface area contributed by atoms with Crippen LogP contribution in [0.25, 0.3) is 10.2 Å². The molecule has 1 atom stereocenters. The van der Waals surface area contributed by atoms with Crippen LogP contribution in [0.5, 0.6) is 0 Å². The van der Waals surface area contributed by atoms with Crippen molar-refractivity contribution < 1.29 is 14.7 Å². The third kappa shape index (κ3) is 3.13. The van der Waals surface area contributed by atoms with Crippen LogP contribution >= 0.6 is 24.0 Å². The maximum absolute atomic E-state index is 11.4. The second kappa shape index (κ2) is 5.71. The van der Waals surface area contributed by atoms with E-state index in [1.165, 1.54) is 16.9 Å². The molecule has 0 spiro atoms. The minimum Gasteiger partial charge on any atom is -0.481 e. The molecule has 0 aliphatic carbocycles. The molecule has 0 aliphatic rings. The van der Waals surface area contributed by atoms with Gasteiger partial charge in [0.1, 0.15) is 5.01 Å². The molecule has 0 fully saturated rings. The fourth-order valence-electron chi connectivity index (χ4n) is 1.81. The van der Waals surface area contributed by atoms with Gasteiger partial charge in [0, 0.05) is 0 Å². The topological polar surface area (TPSA) is 67.3 Å². The molecule has 1 aromatic heterocycles. The van der Waals surface area contributed by atoms with Crippen molar-refractivity contribution in [2.45, 2.75) is 25.7 Å². The number of fused-ring (bicyclic) bond motifs is 1. The van der Waals surface area contributed by atoms with E-state index >= 15 is 0 Å². The van der Waals surface area contributed by atoms with Crippen LogP contribution in [0.2, 0.25) is 0 Å². The van der Waals surface area contributed by atoms with Crippen LogP contribution < -0.4 is 0 Å². The maximum Gasteiger partial charge on any atom is 0.304 e. The van der Waals surface area contributed by atoms with Crippen molar-refractivity contribution in [3.63, 3.8) is 0 Å². The largest absolute Gasteiger partial charge is 0.481 e. The van der Waals surface area contributed by atoms with Gasteiger partial charge in [-0.3, -0.25) is 9.59 Å². The standard InChI is InChI=1S/C13H13NO3S2/c1-2-7-3-4-9-10(5-7)19-12(14-9)8(13(17)18)6-11(15)16/h3-5,8H,2,6H2,1H3,(H,15,16)(H,17,18). The minimum absolute atomic E-state index is 0.275. The van der Waals surface area contributed by atoms with E-state index in [-0.39, 0.29) is 6.42 Å². The number of aryl methyl sites for hydroxylation is 1. The highest BCUT2D eigenvalue weighted by molar-refractivity contribution is 7.96. The molecule has 4 nitrogen and oxygen atoms in total. The molecule has 1 N–H and O–H groups in total. The van der Waals surface area contributed by atoms with Gasteiger partial charge in [0.15, 0.2) is 5.12 Å². The third-order valence-electron chi connectivity index (χ3n) is 2.85. The molecule has 0 aliphatic heterocycles. The number of thiazole rings is 1. The van der Waals surface area contributed by atoms with Crippen molar-refractivity contribution in [1.29, 1.82) is 0 Å². The smallest absolute Gasteiger partial charge is 0.304 e. The summed E-state index contributed by atoms with van der Waals surface area (Å²) in [5.74, 6) is -1.80. The van der Waals surface area contributed by atoms with E-state index in [0.717, 1.165) is 16.6 Å². The summed E-state index contributed by atoms with van der Waals surface area (Å²) in [5, 5.41) is 8.90. The molecule has 0 amide bonds. The molecule has 100 valence electrons. The predicted molar refractivity (Wildman–Crippen MR) is 78.0 cm³/mol. The van der Waals surface area contributed by atoms with Gasteiger partial charge in [0.2, 0.25) is 0 Å². The lowest BCUT2D eigenvalue weighted by molar-refractivity contribution is -0.138. The van der Waals surface area contributed by atoms with Gasteiger partial charge in [-0.05, 0) is 24.1 Å². The molecule has 6 heteroatoms. The number of hydrogen-bond acceptors (Lipinski definition) is 4. The summed E-state index contributed by atoms with van der Waals surface area (Å²) < 4.78 is 0.972. The van der Waals surface area contributed by atoms with Crippen LogP contribution in [-0.4, -0.2) is 21.2 Å². The zero-order chi connectivity index (χ0) is 14.0. The summed E-state index contributed by atoms with van der Waals surface area (Å²) in [6.07, 6.45) is 0.649. The first-order valence-corrected chi connectivity index (χ1v) is 7.11. The van der Waals surface area contributed by atoms with Gasteiger partial charge >= 0.3 is 5.97 Å². The summed E-state index contributed by atoms with van der Waals surface area (Å²) >= 11 is 5.12. The van der Waals surface area contributed by atoms with Gasteiger partial charge in [-0.1, -0.05) is 13.0 Å². The highest BCUT2D eigenvalue weighted by atomic mass is 32.1. The summed E-state index contributed by atoms with van der Waals surface area (Å²) in [5.41, 5.74) is 1.98. The van der Waals surface area contributed by atoms with Crippen molar-refractivity contribution in [3.05, 3.63) is 28.8 Å². The van der Waals surface area contributed by atoms with Crippen molar-refractivity contribution in [3.8, 4) is 0 Å². The maximum atomic E-state index is 11.4. The average Bonchev–Trinajstić information content (AvgIpc) is 2.77. The molecule has 0 saturated heterocycles. The highest BCUT2D eigenvalue weighted by Crippen LogP contribution is 2.31. The molecule has 0 radical (unpaired) electrons. The Morgan fingerprint density at radius 2 is 2.21 bits per heavy atom. The van der Waals surface area contributed by atoms with E-state index in [2.05, 4.69) is 24.5 Å². The van der Waals surface area contributed by atoms with E-state index in [1.54, 1.807) is 0 Å². The summed E-state index contributed by atoms with van der Waals surface area (Å²) in [6, 6.07) is 5.91. The molecule has 1 heterocycles. The van der Waals surface area contributed by atoms with Gasteiger partial charge in [0.05, 0.1) is 22.6 Å². The zero-order valence-electron chi connectivity index (χ0n) is 10.3. The summed E-state index contributed by atoms with van der Waals surface area (Å²) in [7, 11) is 0. The Hall–Kier alpha value is -1.40. The fraction of sp³-hybridized carbons (Fsp3) is 0.308. The number of hydrogen-bond donors (Lipinski definition) is 2. The van der Waals surface area contributed by atoms with Gasteiger partial charge in [-0.25, -0.2) is 4.98 Å². The number of thiol groups is 1. The zero-order valence-corrected chi connectivity index (χ0v) is 12.0. The third-order valence-corrected chi connectivity index (χ3v) is 4.30. The molecular formula is C13H13NO3S2. The number of carbonyl (C=O) groups is 2. The molecule has 1 aromatic carbocycles. The SMILES string of the molecule is CCc1ccc2nc(C(CC(=O)O)C(=O)S)sc2c1. The Morgan fingerprint density at radius 3 is 2.79 bits per heavy atom. The Morgan fingerprint density at radius 1 is 1.47 bits per heavy atom. The number of rotatable bonds is 5. The number of aliphatic carboxylic acids is 1. The van der Waals surface area contributed by atoms with E-state index in [9.17, 15) is 9.59 Å². The first kappa shape index (κ1) is 14.0. The Labute approximate surface area is 119 Å². The highest BCUT2D eigenvalue weighted by Gasteiger charge is 2.24. The number of aromatic nitrogens is 1. The minimum atomic E-state index is -1.03. The molecule has 2 rings (SSSR count). The van der Waals surface area contributed by atoms with E-state index in [0.29, 0.717) is 5.01 Å². The van der Waals surface area contributed by atoms with Crippen LogP contribution in [0.4, 0.5) is 0 Å². The molecule has 19 heavy (non-hydrogen) atoms. The Kier molecular flexibility index (Phi) is 4.21. The number of carboxylic acids is 1. The predicted octanol–water partition coefficient (Wildman–Crippen LogP) is 2.87. The van der Waals surface area contributed by atoms with E-state index < -0.39 is 17.0 Å². The van der Waals surface area contributed by atoms with Crippen LogP contribution in [0, 0.1) is 0 Å². The quantitative estimate of drug-likeness (QED) is 0.832. The monoisotopic (exact) mass is 295 g/mol. The van der Waals surface area contributed by atoms with Crippen molar-refractivity contribution in [2.24, 2.45) is 0 Å². The van der Waals surface area contributed by atoms with Crippen molar-refractivity contribution in [1.82, 2.24) is 4.98 Å². The Balaban J connectivity index is 2.42. The average molecular weight is 295 g/mol. The molecular weight excluding hydrogens is 282 g/mol. The number of carboxylic acid groups (broad SMARTS) is 1. The van der Waals surface area contributed by atoms with E-state index in [4.69, 9.17) is 5.11 Å². The van der Waals surface area contributed by atoms with Gasteiger partial charge < -0.3 is 5.11 Å². The first-order chi connectivity index (χ1) is 9.01. The molecule has 2 aromatic rings. The normalized spacial score (nSPS) is 12.5. The lowest BCUT2D eigenvalue weighted by Crippen LogP contribution is -2.11. The van der Waals surface area contributed by atoms with Crippen LogP contribution in [0.3, 0.4) is 0 Å². The lowest BCUT2D eigenvalue weighted by atomic mass is 10.1. The summed E-state index contributed by atoms with van der Waals surface area (Å²) in [4.78, 5) is 26.6. The number of benzene rings is 1. The molecule has 0 bridgehead atoms. The first-order valence-electron chi connectivity index (χ1n) is 5.85. The molecule has 0 saturated carbocycles. The Bertz CT molecular complexity index is 636. The van der Waals surface area contributed by atoms with Crippen LogP contribution in [-0.2, 0) is 16.0 Å². The van der Waals surface area contributed by atoms with Gasteiger partial charge in [-0.15, -0.1) is 24.0 Å². The second-order valence-electron chi connectivity index (χ2n) is 4.20. The summed E-state index contributed by atoms with van der Waals surface area (Å²) in [6.45, 7) is 2.06.